The van der Waals surface area contributed by atoms with Gasteiger partial charge in [-0.05, 0) is 30.0 Å². The summed E-state index contributed by atoms with van der Waals surface area (Å²) in [5, 5.41) is 4.52. The van der Waals surface area contributed by atoms with E-state index >= 15 is 0 Å². The fourth-order valence-corrected chi connectivity index (χ4v) is 3.64. The van der Waals surface area contributed by atoms with Crippen LogP contribution in [0.5, 0.6) is 0 Å². The summed E-state index contributed by atoms with van der Waals surface area (Å²) < 4.78 is 2.08. The summed E-state index contributed by atoms with van der Waals surface area (Å²) >= 11 is 3.67. The van der Waals surface area contributed by atoms with Crippen molar-refractivity contribution in [2.75, 3.05) is 15.6 Å². The van der Waals surface area contributed by atoms with Crippen LogP contribution in [0.15, 0.2) is 60.9 Å². The predicted molar refractivity (Wildman–Crippen MR) is 98.5 cm³/mol. The highest BCUT2D eigenvalue weighted by Gasteiger charge is 2.27. The molecule has 5 heteroatoms. The number of hydrogen-bond donors (Lipinski definition) is 1. The summed E-state index contributed by atoms with van der Waals surface area (Å²) in [6.45, 7) is 2.91. The molecular formula is C18H17BrN4. The molecule has 23 heavy (non-hydrogen) atoms. The van der Waals surface area contributed by atoms with Crippen molar-refractivity contribution in [3.8, 4) is 0 Å². The molecule has 0 spiro atoms. The van der Waals surface area contributed by atoms with E-state index in [1.807, 2.05) is 24.5 Å². The Hall–Kier alpha value is -2.11. The molecule has 1 atom stereocenters. The number of halogens is 1. The average molecular weight is 369 g/mol. The maximum absolute atomic E-state index is 4.27. The number of benzene rings is 2. The molecule has 0 saturated carbocycles. The van der Waals surface area contributed by atoms with E-state index in [0.717, 1.165) is 23.4 Å². The minimum absolute atomic E-state index is 0.229. The molecule has 1 aromatic heterocycles. The monoisotopic (exact) mass is 368 g/mol. The van der Waals surface area contributed by atoms with Gasteiger partial charge in [0.1, 0.15) is 6.67 Å². The van der Waals surface area contributed by atoms with Crippen LogP contribution in [0.1, 0.15) is 18.5 Å². The molecule has 116 valence electrons. The van der Waals surface area contributed by atoms with Gasteiger partial charge in [0.2, 0.25) is 0 Å². The van der Waals surface area contributed by atoms with Gasteiger partial charge in [0.15, 0.2) is 0 Å². The lowest BCUT2D eigenvalue weighted by atomic mass is 10.1. The Morgan fingerprint density at radius 3 is 2.78 bits per heavy atom. The summed E-state index contributed by atoms with van der Waals surface area (Å²) in [4.78, 5) is 4.27. The van der Waals surface area contributed by atoms with Crippen molar-refractivity contribution in [1.82, 2.24) is 10.4 Å². The topological polar surface area (TPSA) is 31.4 Å². The highest BCUT2D eigenvalue weighted by molar-refractivity contribution is 9.10. The van der Waals surface area contributed by atoms with Gasteiger partial charge in [-0.2, -0.15) is 0 Å². The number of anilines is 2. The summed E-state index contributed by atoms with van der Waals surface area (Å²) in [5.74, 6) is 0. The number of fused-ring (bicyclic) bond motifs is 3. The molecule has 0 fully saturated rings. The number of pyridine rings is 1. The van der Waals surface area contributed by atoms with Gasteiger partial charge in [0.25, 0.3) is 0 Å². The minimum atomic E-state index is 0.229. The Kier molecular flexibility index (Phi) is 3.67. The smallest absolute Gasteiger partial charge is 0.116 e. The van der Waals surface area contributed by atoms with Crippen molar-refractivity contribution < 1.29 is 0 Å². The lowest BCUT2D eigenvalue weighted by Crippen LogP contribution is -2.40. The number of hydrogen-bond acceptors (Lipinski definition) is 4. The second-order valence-electron chi connectivity index (χ2n) is 5.72. The van der Waals surface area contributed by atoms with Gasteiger partial charge in [-0.15, -0.1) is 0 Å². The lowest BCUT2D eigenvalue weighted by Gasteiger charge is -2.25. The van der Waals surface area contributed by atoms with E-state index in [1.54, 1.807) is 0 Å². The second-order valence-corrected chi connectivity index (χ2v) is 6.58. The Bertz CT molecular complexity index is 837. The third-order valence-electron chi connectivity index (χ3n) is 4.22. The Labute approximate surface area is 144 Å². The van der Waals surface area contributed by atoms with E-state index in [1.165, 1.54) is 10.9 Å². The molecule has 2 heterocycles. The van der Waals surface area contributed by atoms with Gasteiger partial charge in [-0.1, -0.05) is 36.4 Å². The first-order chi connectivity index (χ1) is 11.2. The number of aromatic nitrogens is 1. The van der Waals surface area contributed by atoms with Crippen LogP contribution >= 0.6 is 16.1 Å². The molecule has 0 aliphatic carbocycles. The molecule has 1 N–H and O–H groups in total. The van der Waals surface area contributed by atoms with Crippen molar-refractivity contribution in [2.24, 2.45) is 0 Å². The van der Waals surface area contributed by atoms with Crippen LogP contribution in [0.25, 0.3) is 10.8 Å². The van der Waals surface area contributed by atoms with Crippen LogP contribution in [0, 0.1) is 0 Å². The zero-order valence-corrected chi connectivity index (χ0v) is 14.4. The van der Waals surface area contributed by atoms with Crippen LogP contribution in [-0.2, 0) is 0 Å². The molecule has 1 unspecified atom stereocenters. The van der Waals surface area contributed by atoms with E-state index in [2.05, 4.69) is 78.8 Å². The van der Waals surface area contributed by atoms with Crippen molar-refractivity contribution in [3.63, 3.8) is 0 Å². The predicted octanol–water partition coefficient (Wildman–Crippen LogP) is 4.39. The van der Waals surface area contributed by atoms with E-state index < -0.39 is 0 Å². The van der Waals surface area contributed by atoms with Crippen LogP contribution < -0.4 is 14.4 Å². The summed E-state index contributed by atoms with van der Waals surface area (Å²) in [5.41, 5.74) is 7.17. The van der Waals surface area contributed by atoms with Crippen molar-refractivity contribution in [3.05, 3.63) is 66.5 Å². The molecule has 2 aromatic carbocycles. The van der Waals surface area contributed by atoms with Crippen LogP contribution in [0.2, 0.25) is 0 Å². The molecule has 4 nitrogen and oxygen atoms in total. The van der Waals surface area contributed by atoms with Crippen LogP contribution in [-0.4, -0.2) is 11.7 Å². The first kappa shape index (κ1) is 14.5. The largest absolute Gasteiger partial charge is 0.286 e. The van der Waals surface area contributed by atoms with Crippen LogP contribution in [0.3, 0.4) is 0 Å². The Morgan fingerprint density at radius 2 is 1.96 bits per heavy atom. The van der Waals surface area contributed by atoms with Gasteiger partial charge in [0, 0.05) is 23.8 Å². The number of rotatable bonds is 3. The van der Waals surface area contributed by atoms with Crippen molar-refractivity contribution >= 4 is 38.3 Å². The summed E-state index contributed by atoms with van der Waals surface area (Å²) in [7, 11) is 0. The molecule has 3 aromatic rings. The molecule has 0 radical (unpaired) electrons. The van der Waals surface area contributed by atoms with Crippen molar-refractivity contribution in [2.45, 2.75) is 13.0 Å². The summed E-state index contributed by atoms with van der Waals surface area (Å²) in [6.07, 6.45) is 3.75. The fourth-order valence-electron chi connectivity index (χ4n) is 3.04. The zero-order chi connectivity index (χ0) is 15.8. The Balaban J connectivity index is 1.68. The maximum atomic E-state index is 4.27. The first-order valence-corrected chi connectivity index (χ1v) is 8.33. The van der Waals surface area contributed by atoms with Gasteiger partial charge in [-0.25, -0.2) is 5.43 Å². The first-order valence-electron chi connectivity index (χ1n) is 7.63. The van der Waals surface area contributed by atoms with E-state index in [9.17, 15) is 0 Å². The van der Waals surface area contributed by atoms with Gasteiger partial charge < -0.3 is 0 Å². The normalized spacial score (nSPS) is 15.0. The molecule has 0 bridgehead atoms. The molecule has 0 saturated heterocycles. The maximum Gasteiger partial charge on any atom is 0.116 e. The third-order valence-corrected chi connectivity index (χ3v) is 4.80. The highest BCUT2D eigenvalue weighted by Crippen LogP contribution is 2.42. The molecular weight excluding hydrogens is 352 g/mol. The Morgan fingerprint density at radius 1 is 1.13 bits per heavy atom. The van der Waals surface area contributed by atoms with E-state index in [4.69, 9.17) is 0 Å². The standard InChI is InChI=1S/C18H17BrN4/c1-13(14-5-3-2-4-6-14)21-23-12-22(19)18-16-11-20-10-9-15(16)7-8-17(18)23/h2-11,13,21H,12H2,1H3. The SMILES string of the molecule is CC(NN1CN(Br)c2c1ccc1ccncc21)c1ccccc1. The van der Waals surface area contributed by atoms with Crippen molar-refractivity contribution in [1.29, 1.82) is 0 Å². The second kappa shape index (κ2) is 5.83. The molecule has 0 amide bonds. The van der Waals surface area contributed by atoms with Gasteiger partial charge in [-0.3, -0.25) is 13.9 Å². The van der Waals surface area contributed by atoms with Gasteiger partial charge >= 0.3 is 0 Å². The fraction of sp³-hybridized carbons (Fsp3) is 0.167. The molecule has 1 aliphatic heterocycles. The molecule has 1 aliphatic rings. The quantitative estimate of drug-likeness (QED) is 0.694. The number of hydrazine groups is 1. The average Bonchev–Trinajstić information content (AvgIpc) is 2.92. The molecule has 4 rings (SSSR count). The zero-order valence-electron chi connectivity index (χ0n) is 12.8. The highest BCUT2D eigenvalue weighted by atomic mass is 79.9. The van der Waals surface area contributed by atoms with E-state index in [0.29, 0.717) is 0 Å². The number of nitrogens with zero attached hydrogens (tertiary/aromatic N) is 3. The van der Waals surface area contributed by atoms with Gasteiger partial charge in [0.05, 0.1) is 27.5 Å². The lowest BCUT2D eigenvalue weighted by molar-refractivity contribution is 0.551. The number of nitrogens with one attached hydrogen (secondary N) is 1. The van der Waals surface area contributed by atoms with Crippen LogP contribution in [0.4, 0.5) is 11.4 Å². The minimum Gasteiger partial charge on any atom is -0.286 e. The summed E-state index contributed by atoms with van der Waals surface area (Å²) in [6, 6.07) is 17.0. The van der Waals surface area contributed by atoms with E-state index in [-0.39, 0.29) is 6.04 Å². The third kappa shape index (κ3) is 2.56.